The third kappa shape index (κ3) is 6.34. The lowest BCUT2D eigenvalue weighted by atomic mass is 9.87. The number of hydrogen-bond acceptors (Lipinski definition) is 5. The number of hydrogen-bond donors (Lipinski definition) is 1. The van der Waals surface area contributed by atoms with Crippen LogP contribution in [0.4, 0.5) is 0 Å². The van der Waals surface area contributed by atoms with Crippen molar-refractivity contribution in [2.75, 3.05) is 27.3 Å². The highest BCUT2D eigenvalue weighted by Gasteiger charge is 2.28. The molecule has 1 N–H and O–H groups in total. The third-order valence-corrected chi connectivity index (χ3v) is 5.92. The molecule has 2 amide bonds. The number of carbonyl (C=O) groups excluding carboxylic acids is 2. The minimum absolute atomic E-state index is 0.0946. The van der Waals surface area contributed by atoms with Gasteiger partial charge in [-0.1, -0.05) is 45.0 Å². The average Bonchev–Trinajstić information content (AvgIpc) is 2.83. The van der Waals surface area contributed by atoms with Gasteiger partial charge < -0.3 is 14.4 Å². The van der Waals surface area contributed by atoms with Crippen LogP contribution < -0.4 is 14.9 Å². The van der Waals surface area contributed by atoms with Crippen molar-refractivity contribution in [1.82, 2.24) is 10.3 Å². The summed E-state index contributed by atoms with van der Waals surface area (Å²) in [6, 6.07) is 13.3. The van der Waals surface area contributed by atoms with Gasteiger partial charge in [-0.25, -0.2) is 5.43 Å². The molecule has 1 heterocycles. The molecule has 2 aromatic carbocycles. The van der Waals surface area contributed by atoms with E-state index in [4.69, 9.17) is 9.47 Å². The van der Waals surface area contributed by atoms with Crippen LogP contribution in [0.3, 0.4) is 0 Å². The monoisotopic (exact) mass is 451 g/mol. The number of nitrogens with one attached hydrogen (secondary N) is 1. The molecule has 1 fully saturated rings. The molecule has 33 heavy (non-hydrogen) atoms. The second-order valence-corrected chi connectivity index (χ2v) is 9.27. The molecule has 7 nitrogen and oxygen atoms in total. The van der Waals surface area contributed by atoms with E-state index >= 15 is 0 Å². The number of methoxy groups -OCH3 is 2. The van der Waals surface area contributed by atoms with Gasteiger partial charge in [-0.15, -0.1) is 0 Å². The van der Waals surface area contributed by atoms with Crippen molar-refractivity contribution in [2.24, 2.45) is 11.0 Å². The quantitative estimate of drug-likeness (QED) is 0.532. The maximum atomic E-state index is 12.9. The second-order valence-electron chi connectivity index (χ2n) is 9.27. The zero-order valence-electron chi connectivity index (χ0n) is 20.1. The highest BCUT2D eigenvalue weighted by Crippen LogP contribution is 2.26. The Kier molecular flexibility index (Phi) is 7.74. The zero-order valence-corrected chi connectivity index (χ0v) is 20.1. The van der Waals surface area contributed by atoms with E-state index in [1.165, 1.54) is 5.56 Å². The van der Waals surface area contributed by atoms with Crippen molar-refractivity contribution in [1.29, 1.82) is 0 Å². The Morgan fingerprint density at radius 1 is 1.00 bits per heavy atom. The molecule has 1 aliphatic rings. The van der Waals surface area contributed by atoms with Gasteiger partial charge >= 0.3 is 0 Å². The Labute approximate surface area is 195 Å². The molecule has 176 valence electrons. The van der Waals surface area contributed by atoms with Gasteiger partial charge in [0.05, 0.1) is 20.4 Å². The predicted octanol–water partition coefficient (Wildman–Crippen LogP) is 4.00. The maximum Gasteiger partial charge on any atom is 0.254 e. The van der Waals surface area contributed by atoms with Gasteiger partial charge in [0.25, 0.3) is 5.91 Å². The van der Waals surface area contributed by atoms with Gasteiger partial charge in [0.15, 0.2) is 0 Å². The summed E-state index contributed by atoms with van der Waals surface area (Å²) in [7, 11) is 3.10. The Morgan fingerprint density at radius 2 is 1.58 bits per heavy atom. The molecule has 0 spiro atoms. The summed E-state index contributed by atoms with van der Waals surface area (Å²) in [6.07, 6.45) is 2.84. The van der Waals surface area contributed by atoms with E-state index in [-0.39, 0.29) is 23.1 Å². The largest absolute Gasteiger partial charge is 0.497 e. The molecule has 2 aromatic rings. The average molecular weight is 452 g/mol. The van der Waals surface area contributed by atoms with E-state index in [1.54, 1.807) is 43.5 Å². The first-order chi connectivity index (χ1) is 15.7. The molecule has 1 saturated heterocycles. The minimum Gasteiger partial charge on any atom is -0.497 e. The summed E-state index contributed by atoms with van der Waals surface area (Å²) in [5, 5.41) is 4.12. The molecule has 0 atom stereocenters. The Bertz CT molecular complexity index is 979. The molecule has 0 unspecified atom stereocenters. The predicted molar refractivity (Wildman–Crippen MR) is 129 cm³/mol. The number of rotatable bonds is 6. The minimum atomic E-state index is -0.172. The second kappa shape index (κ2) is 10.5. The summed E-state index contributed by atoms with van der Waals surface area (Å²) in [5.41, 5.74) is 5.43. The van der Waals surface area contributed by atoms with E-state index in [0.29, 0.717) is 43.0 Å². The Balaban J connectivity index is 1.52. The molecule has 0 aliphatic carbocycles. The lowest BCUT2D eigenvalue weighted by molar-refractivity contribution is -0.126. The van der Waals surface area contributed by atoms with Crippen molar-refractivity contribution in [2.45, 2.75) is 39.0 Å². The summed E-state index contributed by atoms with van der Waals surface area (Å²) < 4.78 is 10.5. The fourth-order valence-corrected chi connectivity index (χ4v) is 3.79. The SMILES string of the molecule is COc1cc(OC)cc(C(=O)N2CCC(C(=O)N/N=C\c3ccc(C(C)(C)C)cc3)CC2)c1. The zero-order chi connectivity index (χ0) is 24.0. The molecular formula is C26H33N3O4. The molecule has 3 rings (SSSR count). The van der Waals surface area contributed by atoms with Crippen molar-refractivity contribution in [3.63, 3.8) is 0 Å². The van der Waals surface area contributed by atoms with Crippen LogP contribution >= 0.6 is 0 Å². The van der Waals surface area contributed by atoms with E-state index in [2.05, 4.69) is 43.4 Å². The van der Waals surface area contributed by atoms with Crippen LogP contribution in [0.1, 0.15) is 55.1 Å². The number of hydrazone groups is 1. The van der Waals surface area contributed by atoms with Crippen molar-refractivity contribution < 1.29 is 19.1 Å². The third-order valence-electron chi connectivity index (χ3n) is 5.92. The normalized spacial score (nSPS) is 14.9. The highest BCUT2D eigenvalue weighted by atomic mass is 16.5. The number of nitrogens with zero attached hydrogens (tertiary/aromatic N) is 2. The van der Waals surface area contributed by atoms with Gasteiger partial charge in [-0.3, -0.25) is 9.59 Å². The lowest BCUT2D eigenvalue weighted by Crippen LogP contribution is -2.42. The smallest absolute Gasteiger partial charge is 0.254 e. The van der Waals surface area contributed by atoms with Crippen LogP contribution in [-0.2, 0) is 10.2 Å². The van der Waals surface area contributed by atoms with Gasteiger partial charge in [0, 0.05) is 30.6 Å². The summed E-state index contributed by atoms with van der Waals surface area (Å²) in [6.45, 7) is 7.52. The first-order valence-corrected chi connectivity index (χ1v) is 11.2. The Hall–Kier alpha value is -3.35. The molecule has 0 aromatic heterocycles. The number of benzene rings is 2. The van der Waals surface area contributed by atoms with Gasteiger partial charge in [0.2, 0.25) is 5.91 Å². The van der Waals surface area contributed by atoms with Crippen molar-refractivity contribution in [3.05, 3.63) is 59.2 Å². The Morgan fingerprint density at radius 3 is 2.09 bits per heavy atom. The van der Waals surface area contributed by atoms with E-state index in [1.807, 2.05) is 12.1 Å². The number of carbonyl (C=O) groups is 2. The van der Waals surface area contributed by atoms with Crippen LogP contribution in [0.15, 0.2) is 47.6 Å². The first kappa shape index (κ1) is 24.3. The van der Waals surface area contributed by atoms with Crippen molar-refractivity contribution >= 4 is 18.0 Å². The number of amides is 2. The maximum absolute atomic E-state index is 12.9. The molecule has 0 radical (unpaired) electrons. The van der Waals surface area contributed by atoms with Crippen LogP contribution in [-0.4, -0.2) is 50.2 Å². The van der Waals surface area contributed by atoms with Crippen LogP contribution in [0.2, 0.25) is 0 Å². The summed E-state index contributed by atoms with van der Waals surface area (Å²) in [4.78, 5) is 27.2. The number of likely N-dealkylation sites (tertiary alicyclic amines) is 1. The molecule has 0 bridgehead atoms. The molecule has 0 saturated carbocycles. The molecular weight excluding hydrogens is 418 g/mol. The van der Waals surface area contributed by atoms with Crippen molar-refractivity contribution in [3.8, 4) is 11.5 Å². The fourth-order valence-electron chi connectivity index (χ4n) is 3.79. The highest BCUT2D eigenvalue weighted by molar-refractivity contribution is 5.95. The summed E-state index contributed by atoms with van der Waals surface area (Å²) >= 11 is 0. The fraction of sp³-hybridized carbons (Fsp3) is 0.423. The number of ether oxygens (including phenoxy) is 2. The topological polar surface area (TPSA) is 80.2 Å². The van der Waals surface area contributed by atoms with E-state index in [9.17, 15) is 9.59 Å². The lowest BCUT2D eigenvalue weighted by Gasteiger charge is -2.31. The summed E-state index contributed by atoms with van der Waals surface area (Å²) in [5.74, 6) is 0.751. The van der Waals surface area contributed by atoms with E-state index in [0.717, 1.165) is 5.56 Å². The van der Waals surface area contributed by atoms with Crippen LogP contribution in [0, 0.1) is 5.92 Å². The van der Waals surface area contributed by atoms with E-state index < -0.39 is 0 Å². The number of piperidine rings is 1. The van der Waals surface area contributed by atoms with Gasteiger partial charge in [-0.05, 0) is 41.5 Å². The van der Waals surface area contributed by atoms with Gasteiger partial charge in [-0.2, -0.15) is 5.10 Å². The first-order valence-electron chi connectivity index (χ1n) is 11.2. The standard InChI is InChI=1S/C26H33N3O4/c1-26(2,3)21-8-6-18(7-9-21)17-27-28-24(30)19-10-12-29(13-11-19)25(31)20-14-22(32-4)16-23(15-20)33-5/h6-9,14-17,19H,10-13H2,1-5H3,(H,28,30)/b27-17-. The van der Waals surface area contributed by atoms with Crippen LogP contribution in [0.5, 0.6) is 11.5 Å². The molecule has 7 heteroatoms. The van der Waals surface area contributed by atoms with Gasteiger partial charge in [0.1, 0.15) is 11.5 Å². The van der Waals surface area contributed by atoms with Crippen LogP contribution in [0.25, 0.3) is 0 Å². The molecule has 1 aliphatic heterocycles.